The highest BCUT2D eigenvalue weighted by molar-refractivity contribution is 9.10. The third-order valence-electron chi connectivity index (χ3n) is 3.33. The monoisotopic (exact) mass is 412 g/mol. The SMILES string of the molecule is COc1ccc(CCNC(=O)Nc2ccc(Br)cc2Cl)cc1OC. The first kappa shape index (κ1) is 18.4. The Morgan fingerprint density at radius 3 is 2.54 bits per heavy atom. The van der Waals surface area contributed by atoms with Gasteiger partial charge in [-0.1, -0.05) is 33.6 Å². The van der Waals surface area contributed by atoms with Gasteiger partial charge in [0.15, 0.2) is 11.5 Å². The molecular formula is C17H18BrClN2O3. The van der Waals surface area contributed by atoms with Gasteiger partial charge in [-0.05, 0) is 42.3 Å². The summed E-state index contributed by atoms with van der Waals surface area (Å²) in [5.74, 6) is 1.35. The maximum absolute atomic E-state index is 11.9. The number of anilines is 1. The van der Waals surface area contributed by atoms with Crippen LogP contribution in [0.1, 0.15) is 5.56 Å². The van der Waals surface area contributed by atoms with E-state index in [9.17, 15) is 4.79 Å². The Balaban J connectivity index is 1.86. The normalized spacial score (nSPS) is 10.2. The van der Waals surface area contributed by atoms with Crippen molar-refractivity contribution in [2.45, 2.75) is 6.42 Å². The molecule has 0 heterocycles. The molecule has 0 atom stereocenters. The lowest BCUT2D eigenvalue weighted by Crippen LogP contribution is -2.30. The van der Waals surface area contributed by atoms with Crippen LogP contribution in [-0.4, -0.2) is 26.8 Å². The quantitative estimate of drug-likeness (QED) is 0.734. The van der Waals surface area contributed by atoms with E-state index in [-0.39, 0.29) is 6.03 Å². The van der Waals surface area contributed by atoms with Crippen LogP contribution in [0, 0.1) is 0 Å². The molecule has 0 radical (unpaired) electrons. The van der Waals surface area contributed by atoms with Crippen LogP contribution in [0.2, 0.25) is 5.02 Å². The molecule has 2 aromatic rings. The van der Waals surface area contributed by atoms with Crippen molar-refractivity contribution < 1.29 is 14.3 Å². The summed E-state index contributed by atoms with van der Waals surface area (Å²) >= 11 is 9.39. The summed E-state index contributed by atoms with van der Waals surface area (Å²) in [6.07, 6.45) is 0.668. The molecule has 0 aliphatic rings. The van der Waals surface area contributed by atoms with Gasteiger partial charge in [-0.3, -0.25) is 0 Å². The van der Waals surface area contributed by atoms with Crippen molar-refractivity contribution >= 4 is 39.2 Å². The van der Waals surface area contributed by atoms with Crippen molar-refractivity contribution in [3.63, 3.8) is 0 Å². The van der Waals surface area contributed by atoms with Gasteiger partial charge >= 0.3 is 6.03 Å². The topological polar surface area (TPSA) is 59.6 Å². The third-order valence-corrected chi connectivity index (χ3v) is 4.13. The standard InChI is InChI=1S/C17H18BrClN2O3/c1-23-15-6-3-11(9-16(15)24-2)7-8-20-17(22)21-14-5-4-12(18)10-13(14)19/h3-6,9-10H,7-8H2,1-2H3,(H2,20,21,22). The van der Waals surface area contributed by atoms with E-state index in [0.717, 1.165) is 10.0 Å². The molecule has 0 aliphatic carbocycles. The van der Waals surface area contributed by atoms with Crippen LogP contribution in [0.25, 0.3) is 0 Å². The van der Waals surface area contributed by atoms with Gasteiger partial charge in [-0.25, -0.2) is 4.79 Å². The largest absolute Gasteiger partial charge is 0.493 e. The van der Waals surface area contributed by atoms with E-state index in [2.05, 4.69) is 26.6 Å². The van der Waals surface area contributed by atoms with Crippen molar-refractivity contribution in [1.82, 2.24) is 5.32 Å². The highest BCUT2D eigenvalue weighted by Crippen LogP contribution is 2.27. The number of amides is 2. The Labute approximate surface area is 154 Å². The molecule has 2 rings (SSSR count). The Morgan fingerprint density at radius 1 is 1.12 bits per heavy atom. The van der Waals surface area contributed by atoms with Gasteiger partial charge in [0.05, 0.1) is 24.9 Å². The van der Waals surface area contributed by atoms with Crippen LogP contribution in [0.5, 0.6) is 11.5 Å². The average molecular weight is 414 g/mol. The Kier molecular flexibility index (Phi) is 6.75. The third kappa shape index (κ3) is 5.04. The first-order valence-corrected chi connectivity index (χ1v) is 8.41. The summed E-state index contributed by atoms with van der Waals surface area (Å²) in [4.78, 5) is 11.9. The second-order valence-corrected chi connectivity index (χ2v) is 6.27. The molecule has 2 N–H and O–H groups in total. The molecule has 2 aromatic carbocycles. The molecule has 128 valence electrons. The fraction of sp³-hybridized carbons (Fsp3) is 0.235. The minimum atomic E-state index is -0.306. The van der Waals surface area contributed by atoms with E-state index in [0.29, 0.717) is 35.2 Å². The predicted molar refractivity (Wildman–Crippen MR) is 99.4 cm³/mol. The molecule has 5 nitrogen and oxygen atoms in total. The molecular weight excluding hydrogens is 396 g/mol. The number of methoxy groups -OCH3 is 2. The molecule has 24 heavy (non-hydrogen) atoms. The van der Waals surface area contributed by atoms with Crippen molar-refractivity contribution in [2.24, 2.45) is 0 Å². The van der Waals surface area contributed by atoms with E-state index in [1.807, 2.05) is 24.3 Å². The summed E-state index contributed by atoms with van der Waals surface area (Å²) in [5.41, 5.74) is 1.60. The zero-order chi connectivity index (χ0) is 17.5. The number of benzene rings is 2. The number of hydrogen-bond acceptors (Lipinski definition) is 3. The molecule has 0 saturated heterocycles. The van der Waals surface area contributed by atoms with E-state index in [1.54, 1.807) is 26.4 Å². The molecule has 0 aliphatic heterocycles. The number of urea groups is 1. The number of halogens is 2. The molecule has 0 aromatic heterocycles. The summed E-state index contributed by atoms with van der Waals surface area (Å²) in [6, 6.07) is 10.6. The highest BCUT2D eigenvalue weighted by atomic mass is 79.9. The maximum Gasteiger partial charge on any atom is 0.319 e. The van der Waals surface area contributed by atoms with Crippen molar-refractivity contribution in [2.75, 3.05) is 26.1 Å². The number of hydrogen-bond donors (Lipinski definition) is 2. The van der Waals surface area contributed by atoms with Crippen LogP contribution < -0.4 is 20.1 Å². The Bertz CT molecular complexity index is 725. The first-order chi connectivity index (χ1) is 11.5. The van der Waals surface area contributed by atoms with Gasteiger partial charge in [0.25, 0.3) is 0 Å². The number of nitrogens with one attached hydrogen (secondary N) is 2. The maximum atomic E-state index is 11.9. The molecule has 7 heteroatoms. The lowest BCUT2D eigenvalue weighted by Gasteiger charge is -2.11. The smallest absolute Gasteiger partial charge is 0.319 e. The van der Waals surface area contributed by atoms with Crippen molar-refractivity contribution in [1.29, 1.82) is 0 Å². The van der Waals surface area contributed by atoms with Crippen LogP contribution >= 0.6 is 27.5 Å². The van der Waals surface area contributed by atoms with E-state index in [4.69, 9.17) is 21.1 Å². The highest BCUT2D eigenvalue weighted by Gasteiger charge is 2.07. The molecule has 0 unspecified atom stereocenters. The number of carbonyl (C=O) groups is 1. The summed E-state index contributed by atoms with van der Waals surface area (Å²) in [5, 5.41) is 5.98. The molecule has 0 bridgehead atoms. The minimum absolute atomic E-state index is 0.306. The molecule has 0 spiro atoms. The number of carbonyl (C=O) groups excluding carboxylic acids is 1. The Morgan fingerprint density at radius 2 is 1.88 bits per heavy atom. The lowest BCUT2D eigenvalue weighted by atomic mass is 10.1. The fourth-order valence-electron chi connectivity index (χ4n) is 2.11. The summed E-state index contributed by atoms with van der Waals surface area (Å²) in [7, 11) is 3.19. The van der Waals surface area contributed by atoms with Gasteiger partial charge in [-0.2, -0.15) is 0 Å². The van der Waals surface area contributed by atoms with Crippen molar-refractivity contribution in [3.8, 4) is 11.5 Å². The van der Waals surface area contributed by atoms with Crippen LogP contribution in [0.4, 0.5) is 10.5 Å². The zero-order valence-corrected chi connectivity index (χ0v) is 15.7. The van der Waals surface area contributed by atoms with Crippen LogP contribution in [-0.2, 0) is 6.42 Å². The Hall–Kier alpha value is -1.92. The van der Waals surface area contributed by atoms with Crippen LogP contribution in [0.3, 0.4) is 0 Å². The fourth-order valence-corrected chi connectivity index (χ4v) is 2.83. The summed E-state index contributed by atoms with van der Waals surface area (Å²) in [6.45, 7) is 0.482. The van der Waals surface area contributed by atoms with Gasteiger partial charge in [0, 0.05) is 11.0 Å². The predicted octanol–water partition coefficient (Wildman–Crippen LogP) is 4.48. The average Bonchev–Trinajstić information content (AvgIpc) is 2.57. The van der Waals surface area contributed by atoms with Gasteiger partial charge in [-0.15, -0.1) is 0 Å². The number of rotatable bonds is 6. The van der Waals surface area contributed by atoms with Gasteiger partial charge < -0.3 is 20.1 Å². The van der Waals surface area contributed by atoms with Crippen molar-refractivity contribution in [3.05, 3.63) is 51.5 Å². The minimum Gasteiger partial charge on any atom is -0.493 e. The van der Waals surface area contributed by atoms with Gasteiger partial charge in [0.2, 0.25) is 0 Å². The second kappa shape index (κ2) is 8.80. The lowest BCUT2D eigenvalue weighted by molar-refractivity contribution is 0.252. The summed E-state index contributed by atoms with van der Waals surface area (Å²) < 4.78 is 11.3. The molecule has 2 amide bonds. The van der Waals surface area contributed by atoms with E-state index >= 15 is 0 Å². The van der Waals surface area contributed by atoms with E-state index < -0.39 is 0 Å². The molecule has 0 saturated carbocycles. The van der Waals surface area contributed by atoms with Gasteiger partial charge in [0.1, 0.15) is 0 Å². The van der Waals surface area contributed by atoms with E-state index in [1.165, 1.54) is 0 Å². The van der Waals surface area contributed by atoms with Crippen LogP contribution in [0.15, 0.2) is 40.9 Å². The molecule has 0 fully saturated rings. The number of ether oxygens (including phenoxy) is 2. The zero-order valence-electron chi connectivity index (χ0n) is 13.4. The second-order valence-electron chi connectivity index (χ2n) is 4.94. The first-order valence-electron chi connectivity index (χ1n) is 7.24.